The van der Waals surface area contributed by atoms with Gasteiger partial charge in [0.15, 0.2) is 5.82 Å². The van der Waals surface area contributed by atoms with Gasteiger partial charge in [-0.2, -0.15) is 5.10 Å². The Balaban J connectivity index is 2.02. The third-order valence-corrected chi connectivity index (χ3v) is 3.46. The van der Waals surface area contributed by atoms with E-state index >= 15 is 0 Å². The van der Waals surface area contributed by atoms with Crippen molar-refractivity contribution in [1.82, 2.24) is 20.1 Å². The molecular formula is C13H20N4S. The van der Waals surface area contributed by atoms with Crippen LogP contribution in [0.4, 0.5) is 0 Å². The maximum atomic E-state index is 4.59. The van der Waals surface area contributed by atoms with Crippen LogP contribution in [0, 0.1) is 0 Å². The standard InChI is InChI=1S/C13H20N4S/c1-13(2,3)14-8-7-11-15-12(16-17(11)4)10-6-5-9-18-10/h5-6,9,14H,7-8H2,1-4H3. The molecule has 0 aliphatic heterocycles. The summed E-state index contributed by atoms with van der Waals surface area (Å²) in [6.07, 6.45) is 0.895. The molecule has 2 heterocycles. The lowest BCUT2D eigenvalue weighted by Gasteiger charge is -2.20. The van der Waals surface area contributed by atoms with E-state index in [1.165, 1.54) is 0 Å². The van der Waals surface area contributed by atoms with Gasteiger partial charge in [0, 0.05) is 25.6 Å². The van der Waals surface area contributed by atoms with Crippen LogP contribution in [-0.4, -0.2) is 26.8 Å². The lowest BCUT2D eigenvalue weighted by atomic mass is 10.1. The number of aromatic nitrogens is 3. The number of thiophene rings is 1. The summed E-state index contributed by atoms with van der Waals surface area (Å²) >= 11 is 1.67. The molecule has 5 heteroatoms. The summed E-state index contributed by atoms with van der Waals surface area (Å²) in [5.41, 5.74) is 0.148. The lowest BCUT2D eigenvalue weighted by Crippen LogP contribution is -2.37. The molecule has 0 unspecified atom stereocenters. The highest BCUT2D eigenvalue weighted by Crippen LogP contribution is 2.21. The SMILES string of the molecule is Cn1nc(-c2cccs2)nc1CCNC(C)(C)C. The zero-order chi connectivity index (χ0) is 13.2. The Kier molecular flexibility index (Phi) is 3.82. The summed E-state index contributed by atoms with van der Waals surface area (Å²) in [6.45, 7) is 7.42. The number of aryl methyl sites for hydroxylation is 1. The molecule has 0 fully saturated rings. The molecule has 0 spiro atoms. The van der Waals surface area contributed by atoms with E-state index in [1.807, 2.05) is 23.2 Å². The van der Waals surface area contributed by atoms with Crippen LogP contribution in [0.5, 0.6) is 0 Å². The molecule has 2 rings (SSSR count). The molecule has 0 amide bonds. The first kappa shape index (κ1) is 13.2. The molecule has 1 N–H and O–H groups in total. The van der Waals surface area contributed by atoms with E-state index in [1.54, 1.807) is 11.3 Å². The summed E-state index contributed by atoms with van der Waals surface area (Å²) in [7, 11) is 1.95. The summed E-state index contributed by atoms with van der Waals surface area (Å²) in [5.74, 6) is 1.86. The summed E-state index contributed by atoms with van der Waals surface area (Å²) in [5, 5.41) is 9.97. The molecule has 98 valence electrons. The molecule has 0 radical (unpaired) electrons. The monoisotopic (exact) mass is 264 g/mol. The number of hydrogen-bond acceptors (Lipinski definition) is 4. The highest BCUT2D eigenvalue weighted by atomic mass is 32.1. The number of nitrogens with one attached hydrogen (secondary N) is 1. The van der Waals surface area contributed by atoms with Crippen LogP contribution >= 0.6 is 11.3 Å². The molecule has 2 aromatic rings. The van der Waals surface area contributed by atoms with Crippen LogP contribution in [0.2, 0.25) is 0 Å². The predicted molar refractivity (Wildman–Crippen MR) is 75.8 cm³/mol. The predicted octanol–water partition coefficient (Wildman–Crippen LogP) is 2.47. The van der Waals surface area contributed by atoms with E-state index in [4.69, 9.17) is 0 Å². The first-order valence-electron chi connectivity index (χ1n) is 6.14. The van der Waals surface area contributed by atoms with Gasteiger partial charge in [-0.1, -0.05) is 6.07 Å². The van der Waals surface area contributed by atoms with E-state index < -0.39 is 0 Å². The molecule has 18 heavy (non-hydrogen) atoms. The first-order valence-corrected chi connectivity index (χ1v) is 7.02. The Morgan fingerprint density at radius 1 is 1.39 bits per heavy atom. The second-order valence-corrected chi connectivity index (χ2v) is 6.33. The van der Waals surface area contributed by atoms with Gasteiger partial charge in [0.2, 0.25) is 0 Å². The van der Waals surface area contributed by atoms with Crippen molar-refractivity contribution in [1.29, 1.82) is 0 Å². The molecule has 0 atom stereocenters. The zero-order valence-corrected chi connectivity index (χ0v) is 12.2. The molecule has 4 nitrogen and oxygen atoms in total. The molecule has 0 aromatic carbocycles. The Morgan fingerprint density at radius 2 is 2.17 bits per heavy atom. The van der Waals surface area contributed by atoms with Gasteiger partial charge in [-0.15, -0.1) is 11.3 Å². The maximum absolute atomic E-state index is 4.59. The van der Waals surface area contributed by atoms with Crippen LogP contribution in [0.25, 0.3) is 10.7 Å². The van der Waals surface area contributed by atoms with Gasteiger partial charge in [0.05, 0.1) is 4.88 Å². The van der Waals surface area contributed by atoms with E-state index in [9.17, 15) is 0 Å². The van der Waals surface area contributed by atoms with Crippen LogP contribution in [0.1, 0.15) is 26.6 Å². The minimum Gasteiger partial charge on any atom is -0.312 e. The van der Waals surface area contributed by atoms with Crippen molar-refractivity contribution in [3.05, 3.63) is 23.3 Å². The van der Waals surface area contributed by atoms with Crippen molar-refractivity contribution in [3.63, 3.8) is 0 Å². The quantitative estimate of drug-likeness (QED) is 0.922. The first-order chi connectivity index (χ1) is 8.46. The van der Waals surface area contributed by atoms with Crippen molar-refractivity contribution in [2.45, 2.75) is 32.7 Å². The van der Waals surface area contributed by atoms with Crippen molar-refractivity contribution in [2.75, 3.05) is 6.54 Å². The minimum absolute atomic E-state index is 0.148. The fourth-order valence-corrected chi connectivity index (χ4v) is 2.35. The van der Waals surface area contributed by atoms with Gasteiger partial charge in [-0.05, 0) is 32.2 Å². The van der Waals surface area contributed by atoms with Gasteiger partial charge in [-0.25, -0.2) is 4.98 Å². The highest BCUT2D eigenvalue weighted by molar-refractivity contribution is 7.13. The Bertz CT molecular complexity index is 494. The molecule has 2 aromatic heterocycles. The minimum atomic E-state index is 0.148. The van der Waals surface area contributed by atoms with Gasteiger partial charge in [-0.3, -0.25) is 4.68 Å². The summed E-state index contributed by atoms with van der Waals surface area (Å²) < 4.78 is 1.87. The highest BCUT2D eigenvalue weighted by Gasteiger charge is 2.12. The fraction of sp³-hybridized carbons (Fsp3) is 0.538. The second-order valence-electron chi connectivity index (χ2n) is 5.38. The maximum Gasteiger partial charge on any atom is 0.191 e. The van der Waals surface area contributed by atoms with Crippen molar-refractivity contribution < 1.29 is 0 Å². The Morgan fingerprint density at radius 3 is 2.78 bits per heavy atom. The average Bonchev–Trinajstić information content (AvgIpc) is 2.86. The van der Waals surface area contributed by atoms with E-state index in [-0.39, 0.29) is 5.54 Å². The Labute approximate surface area is 112 Å². The third kappa shape index (κ3) is 3.40. The molecule has 0 aliphatic carbocycles. The molecular weight excluding hydrogens is 244 g/mol. The number of nitrogens with zero attached hydrogens (tertiary/aromatic N) is 3. The lowest BCUT2D eigenvalue weighted by molar-refractivity contribution is 0.425. The van der Waals surface area contributed by atoms with Crippen LogP contribution < -0.4 is 5.32 Å². The fourth-order valence-electron chi connectivity index (χ4n) is 1.69. The Hall–Kier alpha value is -1.20. The van der Waals surface area contributed by atoms with Crippen molar-refractivity contribution in [2.24, 2.45) is 7.05 Å². The topological polar surface area (TPSA) is 42.7 Å². The average molecular weight is 264 g/mol. The van der Waals surface area contributed by atoms with E-state index in [0.29, 0.717) is 0 Å². The zero-order valence-electron chi connectivity index (χ0n) is 11.4. The van der Waals surface area contributed by atoms with Gasteiger partial charge >= 0.3 is 0 Å². The largest absolute Gasteiger partial charge is 0.312 e. The van der Waals surface area contributed by atoms with E-state index in [2.05, 4.69) is 42.2 Å². The second kappa shape index (κ2) is 5.20. The molecule has 0 bridgehead atoms. The van der Waals surface area contributed by atoms with E-state index in [0.717, 1.165) is 29.5 Å². The number of hydrogen-bond donors (Lipinski definition) is 1. The van der Waals surface area contributed by atoms with Gasteiger partial charge in [0.1, 0.15) is 5.82 Å². The normalized spacial score (nSPS) is 12.0. The molecule has 0 saturated heterocycles. The smallest absolute Gasteiger partial charge is 0.191 e. The summed E-state index contributed by atoms with van der Waals surface area (Å²) in [6, 6.07) is 4.08. The third-order valence-electron chi connectivity index (χ3n) is 2.60. The van der Waals surface area contributed by atoms with Crippen LogP contribution in [0.3, 0.4) is 0 Å². The molecule has 0 aliphatic rings. The van der Waals surface area contributed by atoms with Crippen molar-refractivity contribution in [3.8, 4) is 10.7 Å². The number of rotatable bonds is 4. The summed E-state index contributed by atoms with van der Waals surface area (Å²) in [4.78, 5) is 5.72. The van der Waals surface area contributed by atoms with Crippen molar-refractivity contribution >= 4 is 11.3 Å². The van der Waals surface area contributed by atoms with Crippen LogP contribution in [0.15, 0.2) is 17.5 Å². The van der Waals surface area contributed by atoms with Gasteiger partial charge < -0.3 is 5.32 Å². The van der Waals surface area contributed by atoms with Crippen LogP contribution in [-0.2, 0) is 13.5 Å². The molecule has 0 saturated carbocycles. The van der Waals surface area contributed by atoms with Gasteiger partial charge in [0.25, 0.3) is 0 Å².